The van der Waals surface area contributed by atoms with Crippen LogP contribution in [-0.4, -0.2) is 60.4 Å². The maximum absolute atomic E-state index is 11.3. The molecule has 0 aliphatic heterocycles. The fourth-order valence-electron chi connectivity index (χ4n) is 4.58. The molecule has 0 saturated heterocycles. The van der Waals surface area contributed by atoms with E-state index in [1.54, 1.807) is 13.4 Å². The van der Waals surface area contributed by atoms with Crippen molar-refractivity contribution in [1.82, 2.24) is 25.1 Å². The summed E-state index contributed by atoms with van der Waals surface area (Å²) in [5.74, 6) is 1.61. The second-order valence-electron chi connectivity index (χ2n) is 9.57. The molecule has 2 heterocycles. The highest BCUT2D eigenvalue weighted by Gasteiger charge is 2.12. The average molecular weight is 545 g/mol. The minimum absolute atomic E-state index is 0.141. The number of aromatic nitrogens is 4. The zero-order valence-electron chi connectivity index (χ0n) is 22.1. The van der Waals surface area contributed by atoms with E-state index < -0.39 is 9.84 Å². The number of fused-ring (bicyclic) bond motifs is 2. The second kappa shape index (κ2) is 11.8. The third kappa shape index (κ3) is 6.71. The Kier molecular flexibility index (Phi) is 8.04. The summed E-state index contributed by atoms with van der Waals surface area (Å²) in [7, 11) is -1.29. The van der Waals surface area contributed by atoms with E-state index in [0.717, 1.165) is 58.2 Å². The van der Waals surface area contributed by atoms with Crippen molar-refractivity contribution >= 4 is 43.1 Å². The van der Waals surface area contributed by atoms with E-state index in [0.29, 0.717) is 18.9 Å². The third-order valence-electron chi connectivity index (χ3n) is 6.57. The van der Waals surface area contributed by atoms with Crippen molar-refractivity contribution < 1.29 is 13.2 Å². The average Bonchev–Trinajstić information content (AvgIpc) is 3.32. The highest BCUT2D eigenvalue weighted by Crippen LogP contribution is 2.31. The van der Waals surface area contributed by atoms with Crippen LogP contribution < -0.4 is 15.4 Å². The number of aryl methyl sites for hydroxylation is 1. The van der Waals surface area contributed by atoms with Gasteiger partial charge in [0.05, 0.1) is 36.6 Å². The summed E-state index contributed by atoms with van der Waals surface area (Å²) in [5.41, 5.74) is 5.05. The lowest BCUT2D eigenvalue weighted by atomic mass is 10.1. The zero-order chi connectivity index (χ0) is 27.2. The van der Waals surface area contributed by atoms with Crippen LogP contribution in [0.4, 0.5) is 11.5 Å². The van der Waals surface area contributed by atoms with Crippen molar-refractivity contribution in [3.05, 3.63) is 84.3 Å². The quantitative estimate of drug-likeness (QED) is 0.223. The molecule has 0 aliphatic rings. The Morgan fingerprint density at radius 3 is 2.64 bits per heavy atom. The predicted molar refractivity (Wildman–Crippen MR) is 156 cm³/mol. The van der Waals surface area contributed by atoms with Gasteiger partial charge in [0.2, 0.25) is 0 Å². The number of hydrogen-bond acceptors (Lipinski definition) is 8. The molecular weight excluding hydrogens is 512 g/mol. The number of methoxy groups -OCH3 is 1. The molecule has 0 spiro atoms. The Hall–Kier alpha value is -4.02. The summed E-state index contributed by atoms with van der Waals surface area (Å²) in [6, 6.07) is 20.5. The van der Waals surface area contributed by atoms with Crippen LogP contribution in [0.3, 0.4) is 0 Å². The largest absolute Gasteiger partial charge is 0.496 e. The number of ether oxygens (including phenoxy) is 1. The van der Waals surface area contributed by atoms with Gasteiger partial charge in [-0.05, 0) is 60.8 Å². The lowest BCUT2D eigenvalue weighted by molar-refractivity contribution is 0.409. The highest BCUT2D eigenvalue weighted by molar-refractivity contribution is 7.90. The molecule has 0 radical (unpaired) electrons. The molecule has 5 rings (SSSR count). The summed E-state index contributed by atoms with van der Waals surface area (Å²) in [4.78, 5) is 9.00. The molecule has 0 saturated carbocycles. The Morgan fingerprint density at radius 1 is 1.00 bits per heavy atom. The molecule has 0 fully saturated rings. The maximum atomic E-state index is 11.3. The van der Waals surface area contributed by atoms with Crippen molar-refractivity contribution in [2.75, 3.05) is 37.5 Å². The minimum atomic E-state index is -2.95. The van der Waals surface area contributed by atoms with Crippen molar-refractivity contribution in [3.63, 3.8) is 0 Å². The normalized spacial score (nSPS) is 11.7. The van der Waals surface area contributed by atoms with Gasteiger partial charge in [0.1, 0.15) is 27.7 Å². The molecular formula is C29H32N6O3S. The highest BCUT2D eigenvalue weighted by atomic mass is 32.2. The minimum Gasteiger partial charge on any atom is -0.496 e. The lowest BCUT2D eigenvalue weighted by Gasteiger charge is -2.13. The van der Waals surface area contributed by atoms with Crippen LogP contribution in [0.2, 0.25) is 0 Å². The first kappa shape index (κ1) is 26.6. The molecule has 0 amide bonds. The van der Waals surface area contributed by atoms with Crippen LogP contribution in [0, 0.1) is 0 Å². The first-order valence-electron chi connectivity index (χ1n) is 12.9. The van der Waals surface area contributed by atoms with Gasteiger partial charge < -0.3 is 15.4 Å². The van der Waals surface area contributed by atoms with E-state index in [2.05, 4.69) is 50.0 Å². The summed E-state index contributed by atoms with van der Waals surface area (Å²) < 4.78 is 30.3. The van der Waals surface area contributed by atoms with E-state index in [4.69, 9.17) is 4.74 Å². The number of benzene rings is 3. The Morgan fingerprint density at radius 2 is 1.85 bits per heavy atom. The van der Waals surface area contributed by atoms with Crippen molar-refractivity contribution in [1.29, 1.82) is 0 Å². The fourth-order valence-corrected chi connectivity index (χ4v) is 5.10. The van der Waals surface area contributed by atoms with E-state index in [1.807, 2.05) is 47.3 Å². The van der Waals surface area contributed by atoms with Gasteiger partial charge in [-0.15, -0.1) is 0 Å². The van der Waals surface area contributed by atoms with E-state index in [9.17, 15) is 8.42 Å². The van der Waals surface area contributed by atoms with Crippen LogP contribution in [0.25, 0.3) is 21.8 Å². The SMILES string of the molecule is COc1cc2c(Nc3ccc4c(cnn4Cc4ccccc4)c3)ncnc2cc1CCCNCCS(C)(=O)=O. The first-order chi connectivity index (χ1) is 18.9. The number of rotatable bonds is 12. The standard InChI is InChI=1S/C29H32N6O3S/c1-38-28-17-25-26(16-22(28)9-6-12-30-13-14-39(2,36)37)31-20-32-29(25)34-24-10-11-27-23(15-24)18-33-35(27)19-21-7-4-3-5-8-21/h3-5,7-8,10-11,15-18,20,30H,6,9,12-14,19H2,1-2H3,(H,31,32,34). The van der Waals surface area contributed by atoms with E-state index in [1.165, 1.54) is 11.8 Å². The van der Waals surface area contributed by atoms with Crippen LogP contribution >= 0.6 is 0 Å². The smallest absolute Gasteiger partial charge is 0.148 e. The number of anilines is 2. The Balaban J connectivity index is 1.30. The van der Waals surface area contributed by atoms with Crippen molar-refractivity contribution in [3.8, 4) is 5.75 Å². The van der Waals surface area contributed by atoms with Crippen LogP contribution in [-0.2, 0) is 22.8 Å². The van der Waals surface area contributed by atoms with Gasteiger partial charge >= 0.3 is 0 Å². The summed E-state index contributed by atoms with van der Waals surface area (Å²) in [6.07, 6.45) is 6.32. The van der Waals surface area contributed by atoms with Crippen LogP contribution in [0.5, 0.6) is 5.75 Å². The van der Waals surface area contributed by atoms with Crippen molar-refractivity contribution in [2.45, 2.75) is 19.4 Å². The van der Waals surface area contributed by atoms with Crippen molar-refractivity contribution in [2.24, 2.45) is 0 Å². The predicted octanol–water partition coefficient (Wildman–Crippen LogP) is 4.35. The molecule has 10 heteroatoms. The van der Waals surface area contributed by atoms with Crippen LogP contribution in [0.15, 0.2) is 73.2 Å². The van der Waals surface area contributed by atoms with Gasteiger partial charge in [0.25, 0.3) is 0 Å². The third-order valence-corrected chi connectivity index (χ3v) is 7.51. The second-order valence-corrected chi connectivity index (χ2v) is 11.8. The topological polar surface area (TPSA) is 111 Å². The molecule has 3 aromatic carbocycles. The monoisotopic (exact) mass is 544 g/mol. The van der Waals surface area contributed by atoms with Gasteiger partial charge in [0, 0.05) is 29.3 Å². The number of nitrogens with zero attached hydrogens (tertiary/aromatic N) is 4. The van der Waals surface area contributed by atoms with Gasteiger partial charge in [0.15, 0.2) is 0 Å². The summed E-state index contributed by atoms with van der Waals surface area (Å²) in [6.45, 7) is 1.89. The van der Waals surface area contributed by atoms with Gasteiger partial charge in [-0.3, -0.25) is 4.68 Å². The van der Waals surface area contributed by atoms with Gasteiger partial charge in [-0.2, -0.15) is 5.10 Å². The molecule has 0 bridgehead atoms. The van der Waals surface area contributed by atoms with E-state index >= 15 is 0 Å². The molecule has 2 N–H and O–H groups in total. The maximum Gasteiger partial charge on any atom is 0.148 e. The lowest BCUT2D eigenvalue weighted by Crippen LogP contribution is -2.23. The molecule has 2 aromatic heterocycles. The zero-order valence-corrected chi connectivity index (χ0v) is 22.9. The van der Waals surface area contributed by atoms with Gasteiger partial charge in [-0.1, -0.05) is 30.3 Å². The molecule has 0 atom stereocenters. The van der Waals surface area contributed by atoms with Gasteiger partial charge in [-0.25, -0.2) is 18.4 Å². The Labute approximate surface area is 228 Å². The molecule has 39 heavy (non-hydrogen) atoms. The molecule has 0 aliphatic carbocycles. The number of sulfone groups is 1. The number of hydrogen-bond donors (Lipinski definition) is 2. The Bertz CT molecular complexity index is 1690. The van der Waals surface area contributed by atoms with E-state index in [-0.39, 0.29) is 5.75 Å². The first-order valence-corrected chi connectivity index (χ1v) is 14.9. The van der Waals surface area contributed by atoms with Crippen LogP contribution in [0.1, 0.15) is 17.5 Å². The molecule has 5 aromatic rings. The molecule has 202 valence electrons. The molecule has 0 unspecified atom stereocenters. The fraction of sp³-hybridized carbons (Fsp3) is 0.276. The number of nitrogens with one attached hydrogen (secondary N) is 2. The molecule has 9 nitrogen and oxygen atoms in total. The summed E-state index contributed by atoms with van der Waals surface area (Å²) >= 11 is 0. The summed E-state index contributed by atoms with van der Waals surface area (Å²) in [5, 5.41) is 13.1.